The van der Waals surface area contributed by atoms with Crippen molar-refractivity contribution in [2.24, 2.45) is 0 Å². The highest BCUT2D eigenvalue weighted by Crippen LogP contribution is 2.37. The molecule has 0 bridgehead atoms. The summed E-state index contributed by atoms with van der Waals surface area (Å²) in [6.45, 7) is 1.28. The van der Waals surface area contributed by atoms with Gasteiger partial charge in [0.05, 0.1) is 45.3 Å². The van der Waals surface area contributed by atoms with Gasteiger partial charge in [-0.15, -0.1) is 10.2 Å². The van der Waals surface area contributed by atoms with E-state index in [0.29, 0.717) is 44.6 Å². The predicted octanol–water partition coefficient (Wildman–Crippen LogP) is 6.54. The molecule has 0 aliphatic carbocycles. The molecule has 262 valence electrons. The summed E-state index contributed by atoms with van der Waals surface area (Å²) in [7, 11) is 1.55. The number of ether oxygens (including phenoxy) is 6. The van der Waals surface area contributed by atoms with Gasteiger partial charge < -0.3 is 28.4 Å². The molecular formula is C34H32Cl4N6O6. The van der Waals surface area contributed by atoms with Crippen LogP contribution in [-0.2, 0) is 54.7 Å². The van der Waals surface area contributed by atoms with Crippen LogP contribution in [0.3, 0.4) is 0 Å². The summed E-state index contributed by atoms with van der Waals surface area (Å²) in [5, 5.41) is 19.4. The van der Waals surface area contributed by atoms with Gasteiger partial charge in [0, 0.05) is 32.8 Å². The van der Waals surface area contributed by atoms with E-state index in [1.54, 1.807) is 53.1 Å². The molecule has 2 aliphatic rings. The molecule has 4 heterocycles. The van der Waals surface area contributed by atoms with Crippen molar-refractivity contribution in [3.8, 4) is 0 Å². The van der Waals surface area contributed by atoms with Gasteiger partial charge in [0.1, 0.15) is 35.8 Å². The number of benzene rings is 3. The summed E-state index contributed by atoms with van der Waals surface area (Å²) in [6.07, 6.45) is -0.287. The van der Waals surface area contributed by atoms with Crippen molar-refractivity contribution in [1.29, 1.82) is 0 Å². The average Bonchev–Trinajstić information content (AvgIpc) is 3.78. The number of methoxy groups -OCH3 is 1. The van der Waals surface area contributed by atoms with Crippen LogP contribution in [0.1, 0.15) is 34.4 Å². The zero-order valence-corrected chi connectivity index (χ0v) is 29.7. The molecule has 5 aromatic rings. The Balaban J connectivity index is 1.08. The lowest BCUT2D eigenvalue weighted by molar-refractivity contribution is -0.369. The average molecular weight is 762 g/mol. The molecule has 50 heavy (non-hydrogen) atoms. The first-order valence-corrected chi connectivity index (χ1v) is 17.2. The monoisotopic (exact) mass is 760 g/mol. The summed E-state index contributed by atoms with van der Waals surface area (Å²) in [6, 6.07) is 20.3. The second-order valence-corrected chi connectivity index (χ2v) is 13.5. The standard InChI is InChI=1S/C34H32Cl4N6O6/c1-45-34-32(47-18-26-16-44(42-40-26)14-22-8-10-24(36)12-28(22)38)31(30-29(49-34)19-48-33(50-30)20-5-3-2-4-6-20)46-17-25-15-43(41-39-25)13-21-7-9-23(35)11-27(21)37/h2-12,15-16,29-34H,13-14,17-19H2,1H3. The molecule has 6 atom stereocenters. The minimum Gasteiger partial charge on any atom is -0.366 e. The molecule has 7 rings (SSSR count). The van der Waals surface area contributed by atoms with Crippen LogP contribution in [0.2, 0.25) is 20.1 Å². The van der Waals surface area contributed by atoms with Gasteiger partial charge in [-0.3, -0.25) is 0 Å². The Morgan fingerprint density at radius 3 is 1.88 bits per heavy atom. The van der Waals surface area contributed by atoms with Gasteiger partial charge in [0.25, 0.3) is 0 Å². The number of hydrogen-bond donors (Lipinski definition) is 0. The summed E-state index contributed by atoms with van der Waals surface area (Å²) in [5.41, 5.74) is 3.77. The molecular weight excluding hydrogens is 730 g/mol. The second-order valence-electron chi connectivity index (χ2n) is 11.8. The summed E-state index contributed by atoms with van der Waals surface area (Å²) >= 11 is 24.9. The molecule has 6 unspecified atom stereocenters. The predicted molar refractivity (Wildman–Crippen MR) is 184 cm³/mol. The normalized spacial score (nSPS) is 23.5. The van der Waals surface area contributed by atoms with Gasteiger partial charge in [-0.05, 0) is 35.4 Å². The fraction of sp³-hybridized carbons (Fsp3) is 0.353. The maximum atomic E-state index is 6.57. The smallest absolute Gasteiger partial charge is 0.186 e. The van der Waals surface area contributed by atoms with E-state index in [0.717, 1.165) is 16.7 Å². The summed E-state index contributed by atoms with van der Waals surface area (Å²) in [4.78, 5) is 0. The lowest BCUT2D eigenvalue weighted by Crippen LogP contribution is -2.63. The molecule has 0 radical (unpaired) electrons. The molecule has 2 fully saturated rings. The third-order valence-electron chi connectivity index (χ3n) is 8.30. The first-order valence-electron chi connectivity index (χ1n) is 15.7. The maximum Gasteiger partial charge on any atom is 0.186 e. The summed E-state index contributed by atoms with van der Waals surface area (Å²) in [5.74, 6) is 0. The van der Waals surface area contributed by atoms with Crippen molar-refractivity contribution in [1.82, 2.24) is 30.0 Å². The van der Waals surface area contributed by atoms with Crippen LogP contribution in [-0.4, -0.2) is 74.4 Å². The van der Waals surface area contributed by atoms with Crippen LogP contribution in [0.15, 0.2) is 79.1 Å². The first-order chi connectivity index (χ1) is 24.3. The van der Waals surface area contributed by atoms with Crippen molar-refractivity contribution in [2.75, 3.05) is 13.7 Å². The lowest BCUT2D eigenvalue weighted by Gasteiger charge is -2.48. The van der Waals surface area contributed by atoms with Gasteiger partial charge in [0.15, 0.2) is 12.6 Å². The Hall–Kier alpha value is -3.14. The van der Waals surface area contributed by atoms with Crippen LogP contribution in [0.5, 0.6) is 0 Å². The first kappa shape index (κ1) is 35.3. The fourth-order valence-electron chi connectivity index (χ4n) is 5.86. The Labute approximate surface area is 308 Å². The molecule has 0 amide bonds. The third kappa shape index (κ3) is 8.32. The molecule has 0 spiro atoms. The van der Waals surface area contributed by atoms with E-state index in [-0.39, 0.29) is 19.8 Å². The van der Waals surface area contributed by atoms with Gasteiger partial charge in [0.2, 0.25) is 0 Å². The quantitative estimate of drug-likeness (QED) is 0.139. The van der Waals surface area contributed by atoms with Gasteiger partial charge in [-0.1, -0.05) is 99.3 Å². The number of hydrogen-bond acceptors (Lipinski definition) is 10. The minimum absolute atomic E-state index is 0.0934. The van der Waals surface area contributed by atoms with E-state index in [4.69, 9.17) is 74.8 Å². The molecule has 3 aromatic carbocycles. The second kappa shape index (κ2) is 16.0. The molecule has 0 saturated carbocycles. The molecule has 2 aromatic heterocycles. The Kier molecular flexibility index (Phi) is 11.3. The topological polar surface area (TPSA) is 117 Å². The fourth-order valence-corrected chi connectivity index (χ4v) is 6.79. The van der Waals surface area contributed by atoms with Crippen molar-refractivity contribution in [2.45, 2.75) is 63.3 Å². The Bertz CT molecular complexity index is 1900. The lowest BCUT2D eigenvalue weighted by atomic mass is 9.97. The van der Waals surface area contributed by atoms with Crippen LogP contribution in [0.25, 0.3) is 0 Å². The van der Waals surface area contributed by atoms with Crippen LogP contribution < -0.4 is 0 Å². The van der Waals surface area contributed by atoms with E-state index in [9.17, 15) is 0 Å². The number of fused-ring (bicyclic) bond motifs is 1. The van der Waals surface area contributed by atoms with Crippen molar-refractivity contribution in [3.63, 3.8) is 0 Å². The highest BCUT2D eigenvalue weighted by Gasteiger charge is 2.51. The van der Waals surface area contributed by atoms with Crippen LogP contribution in [0.4, 0.5) is 0 Å². The van der Waals surface area contributed by atoms with E-state index >= 15 is 0 Å². The van der Waals surface area contributed by atoms with Gasteiger partial charge in [-0.2, -0.15) is 0 Å². The van der Waals surface area contributed by atoms with Gasteiger partial charge in [-0.25, -0.2) is 9.36 Å². The number of aromatic nitrogens is 6. The van der Waals surface area contributed by atoms with Crippen molar-refractivity contribution in [3.05, 3.63) is 127 Å². The highest BCUT2D eigenvalue weighted by atomic mass is 35.5. The van der Waals surface area contributed by atoms with Gasteiger partial charge >= 0.3 is 0 Å². The SMILES string of the molecule is COC1OC2COC(c3ccccc3)OC2C(OCc2cn(Cc3ccc(Cl)cc3Cl)nn2)C1OCc1cn(Cc2ccc(Cl)cc2Cl)nn1. The van der Waals surface area contributed by atoms with E-state index in [1.165, 1.54) is 0 Å². The molecule has 2 aliphatic heterocycles. The molecule has 0 N–H and O–H groups in total. The Morgan fingerprint density at radius 1 is 0.740 bits per heavy atom. The van der Waals surface area contributed by atoms with E-state index in [2.05, 4.69) is 20.6 Å². The van der Waals surface area contributed by atoms with Crippen LogP contribution >= 0.6 is 46.4 Å². The molecule has 16 heteroatoms. The summed E-state index contributed by atoms with van der Waals surface area (Å²) < 4.78 is 41.1. The highest BCUT2D eigenvalue weighted by molar-refractivity contribution is 6.35. The van der Waals surface area contributed by atoms with Crippen molar-refractivity contribution >= 4 is 46.4 Å². The van der Waals surface area contributed by atoms with Crippen LogP contribution in [0, 0.1) is 0 Å². The number of rotatable bonds is 12. The zero-order chi connectivity index (χ0) is 34.6. The number of nitrogens with zero attached hydrogens (tertiary/aromatic N) is 6. The van der Waals surface area contributed by atoms with E-state index in [1.807, 2.05) is 42.5 Å². The Morgan fingerprint density at radius 2 is 1.32 bits per heavy atom. The largest absolute Gasteiger partial charge is 0.366 e. The molecule has 2 saturated heterocycles. The van der Waals surface area contributed by atoms with Crippen molar-refractivity contribution < 1.29 is 28.4 Å². The zero-order valence-electron chi connectivity index (χ0n) is 26.6. The minimum atomic E-state index is -0.799. The van der Waals surface area contributed by atoms with E-state index < -0.39 is 37.0 Å². The third-order valence-corrected chi connectivity index (χ3v) is 9.48. The molecule has 12 nitrogen and oxygen atoms in total. The maximum absolute atomic E-state index is 6.57. The number of halogens is 4.